The Morgan fingerprint density at radius 3 is 2.25 bits per heavy atom. The summed E-state index contributed by atoms with van der Waals surface area (Å²) in [6, 6.07) is 13.5. The molecule has 2 aromatic rings. The van der Waals surface area contributed by atoms with E-state index in [0.717, 1.165) is 28.5 Å². The summed E-state index contributed by atoms with van der Waals surface area (Å²) in [5.74, 6) is -0.0709. The number of sulfonamides is 1. The number of anilines is 2. The maximum absolute atomic E-state index is 12.3. The topological polar surface area (TPSA) is 86.8 Å². The maximum atomic E-state index is 12.3. The zero-order valence-corrected chi connectivity index (χ0v) is 16.7. The van der Waals surface area contributed by atoms with Crippen LogP contribution in [-0.4, -0.2) is 45.2 Å². The summed E-state index contributed by atoms with van der Waals surface area (Å²) in [5.41, 5.74) is 2.21. The molecule has 0 aliphatic carbocycles. The first-order valence-electron chi connectivity index (χ1n) is 8.99. The lowest BCUT2D eigenvalue weighted by molar-refractivity contribution is -0.117. The number of carbonyl (C=O) groups excluding carboxylic acids is 2. The Bertz CT molecular complexity index is 968. The Balaban J connectivity index is 1.60. The van der Waals surface area contributed by atoms with Gasteiger partial charge in [0.1, 0.15) is 0 Å². The van der Waals surface area contributed by atoms with Crippen LogP contribution >= 0.6 is 0 Å². The number of nitrogens with zero attached hydrogens (tertiary/aromatic N) is 2. The summed E-state index contributed by atoms with van der Waals surface area (Å²) in [4.78, 5) is 26.0. The number of carbonyl (C=O) groups is 2. The predicted octanol–water partition coefficient (Wildman–Crippen LogP) is 2.24. The van der Waals surface area contributed by atoms with E-state index in [2.05, 4.69) is 5.32 Å². The van der Waals surface area contributed by atoms with Crippen molar-refractivity contribution in [3.8, 4) is 0 Å². The fourth-order valence-electron chi connectivity index (χ4n) is 3.03. The van der Waals surface area contributed by atoms with Crippen molar-refractivity contribution in [1.29, 1.82) is 0 Å². The van der Waals surface area contributed by atoms with Gasteiger partial charge in [0, 0.05) is 38.4 Å². The SMILES string of the molecule is CN(C)S(=O)(=O)c1ccc(NC(=O)Cc2ccc(N3CCCC3=O)cc2)cc1. The van der Waals surface area contributed by atoms with E-state index in [1.807, 2.05) is 24.3 Å². The number of hydrogen-bond acceptors (Lipinski definition) is 4. The fourth-order valence-corrected chi connectivity index (χ4v) is 3.93. The molecule has 1 heterocycles. The molecule has 2 amide bonds. The summed E-state index contributed by atoms with van der Waals surface area (Å²) in [6.07, 6.45) is 1.64. The van der Waals surface area contributed by atoms with Gasteiger partial charge in [-0.25, -0.2) is 12.7 Å². The largest absolute Gasteiger partial charge is 0.326 e. The van der Waals surface area contributed by atoms with Crippen LogP contribution in [-0.2, 0) is 26.0 Å². The van der Waals surface area contributed by atoms with E-state index in [1.165, 1.54) is 26.2 Å². The van der Waals surface area contributed by atoms with Crippen LogP contribution in [0.25, 0.3) is 0 Å². The van der Waals surface area contributed by atoms with Gasteiger partial charge < -0.3 is 10.2 Å². The molecule has 0 unspecified atom stereocenters. The van der Waals surface area contributed by atoms with Gasteiger partial charge in [0.25, 0.3) is 0 Å². The monoisotopic (exact) mass is 401 g/mol. The Kier molecular flexibility index (Phi) is 5.81. The quantitative estimate of drug-likeness (QED) is 0.804. The van der Waals surface area contributed by atoms with Gasteiger partial charge in [-0.1, -0.05) is 12.1 Å². The smallest absolute Gasteiger partial charge is 0.242 e. The standard InChI is InChI=1S/C20H23N3O4S/c1-22(2)28(26,27)18-11-7-16(8-12-18)21-19(24)14-15-5-9-17(10-6-15)23-13-3-4-20(23)25/h5-12H,3-4,13-14H2,1-2H3,(H,21,24). The summed E-state index contributed by atoms with van der Waals surface area (Å²) >= 11 is 0. The van der Waals surface area contributed by atoms with Crippen LogP contribution in [0.4, 0.5) is 11.4 Å². The third kappa shape index (κ3) is 4.40. The molecule has 1 saturated heterocycles. The molecule has 148 valence electrons. The van der Waals surface area contributed by atoms with Crippen LogP contribution < -0.4 is 10.2 Å². The van der Waals surface area contributed by atoms with E-state index in [9.17, 15) is 18.0 Å². The van der Waals surface area contributed by atoms with Crippen LogP contribution in [0.15, 0.2) is 53.4 Å². The Labute approximate surface area is 165 Å². The number of nitrogens with one attached hydrogen (secondary N) is 1. The van der Waals surface area contributed by atoms with Gasteiger partial charge in [-0.15, -0.1) is 0 Å². The minimum absolute atomic E-state index is 0.130. The van der Waals surface area contributed by atoms with Crippen molar-refractivity contribution in [3.05, 3.63) is 54.1 Å². The maximum Gasteiger partial charge on any atom is 0.242 e. The van der Waals surface area contributed by atoms with Gasteiger partial charge in [0.15, 0.2) is 0 Å². The number of amides is 2. The van der Waals surface area contributed by atoms with Crippen LogP contribution in [0.1, 0.15) is 18.4 Å². The minimum Gasteiger partial charge on any atom is -0.326 e. The molecule has 2 aromatic carbocycles. The number of benzene rings is 2. The highest BCUT2D eigenvalue weighted by molar-refractivity contribution is 7.89. The summed E-state index contributed by atoms with van der Waals surface area (Å²) in [5, 5.41) is 2.76. The highest BCUT2D eigenvalue weighted by Gasteiger charge is 2.21. The zero-order chi connectivity index (χ0) is 20.3. The first kappa shape index (κ1) is 20.0. The minimum atomic E-state index is -3.49. The number of rotatable bonds is 6. The molecular formula is C20H23N3O4S. The van der Waals surface area contributed by atoms with Crippen molar-refractivity contribution in [2.45, 2.75) is 24.2 Å². The van der Waals surface area contributed by atoms with E-state index in [1.54, 1.807) is 17.0 Å². The Morgan fingerprint density at radius 1 is 1.07 bits per heavy atom. The summed E-state index contributed by atoms with van der Waals surface area (Å²) in [7, 11) is -0.557. The highest BCUT2D eigenvalue weighted by atomic mass is 32.2. The number of hydrogen-bond donors (Lipinski definition) is 1. The van der Waals surface area contributed by atoms with E-state index in [0.29, 0.717) is 12.1 Å². The van der Waals surface area contributed by atoms with E-state index >= 15 is 0 Å². The van der Waals surface area contributed by atoms with Gasteiger partial charge in [-0.3, -0.25) is 9.59 Å². The average molecular weight is 401 g/mol. The van der Waals surface area contributed by atoms with Crippen molar-refractivity contribution < 1.29 is 18.0 Å². The summed E-state index contributed by atoms with van der Waals surface area (Å²) < 4.78 is 25.3. The normalized spacial score (nSPS) is 14.5. The van der Waals surface area contributed by atoms with Crippen molar-refractivity contribution in [3.63, 3.8) is 0 Å². The molecule has 1 fully saturated rings. The predicted molar refractivity (Wildman–Crippen MR) is 108 cm³/mol. The zero-order valence-electron chi connectivity index (χ0n) is 15.9. The molecule has 28 heavy (non-hydrogen) atoms. The first-order chi connectivity index (χ1) is 13.3. The lowest BCUT2D eigenvalue weighted by Gasteiger charge is -2.16. The third-order valence-electron chi connectivity index (χ3n) is 4.60. The average Bonchev–Trinajstić information content (AvgIpc) is 3.08. The molecule has 1 N–H and O–H groups in total. The molecule has 0 bridgehead atoms. The lowest BCUT2D eigenvalue weighted by atomic mass is 10.1. The van der Waals surface area contributed by atoms with Crippen molar-refractivity contribution in [2.75, 3.05) is 30.9 Å². The molecule has 8 heteroatoms. The van der Waals surface area contributed by atoms with E-state index in [4.69, 9.17) is 0 Å². The molecule has 1 aliphatic heterocycles. The Hall–Kier alpha value is -2.71. The van der Waals surface area contributed by atoms with Crippen molar-refractivity contribution >= 4 is 33.2 Å². The van der Waals surface area contributed by atoms with Gasteiger partial charge in [-0.05, 0) is 48.4 Å². The Morgan fingerprint density at radius 2 is 1.71 bits per heavy atom. The molecule has 0 saturated carbocycles. The second kappa shape index (κ2) is 8.12. The van der Waals surface area contributed by atoms with Crippen LogP contribution in [0, 0.1) is 0 Å². The van der Waals surface area contributed by atoms with Crippen LogP contribution in [0.2, 0.25) is 0 Å². The lowest BCUT2D eigenvalue weighted by Crippen LogP contribution is -2.23. The second-order valence-corrected chi connectivity index (χ2v) is 9.00. The van der Waals surface area contributed by atoms with Gasteiger partial charge in [0.2, 0.25) is 21.8 Å². The molecule has 3 rings (SSSR count). The molecule has 0 aromatic heterocycles. The molecule has 0 radical (unpaired) electrons. The fraction of sp³-hybridized carbons (Fsp3) is 0.300. The third-order valence-corrected chi connectivity index (χ3v) is 6.43. The van der Waals surface area contributed by atoms with Crippen LogP contribution in [0.5, 0.6) is 0 Å². The van der Waals surface area contributed by atoms with E-state index in [-0.39, 0.29) is 23.1 Å². The molecular weight excluding hydrogens is 378 g/mol. The molecule has 1 aliphatic rings. The first-order valence-corrected chi connectivity index (χ1v) is 10.4. The summed E-state index contributed by atoms with van der Waals surface area (Å²) in [6.45, 7) is 0.734. The molecule has 7 nitrogen and oxygen atoms in total. The van der Waals surface area contributed by atoms with Crippen molar-refractivity contribution in [1.82, 2.24) is 4.31 Å². The van der Waals surface area contributed by atoms with Gasteiger partial charge in [-0.2, -0.15) is 0 Å². The van der Waals surface area contributed by atoms with Gasteiger partial charge in [0.05, 0.1) is 11.3 Å². The van der Waals surface area contributed by atoms with Gasteiger partial charge >= 0.3 is 0 Å². The molecule has 0 spiro atoms. The molecule has 0 atom stereocenters. The van der Waals surface area contributed by atoms with Crippen molar-refractivity contribution in [2.24, 2.45) is 0 Å². The second-order valence-electron chi connectivity index (χ2n) is 6.85. The van der Waals surface area contributed by atoms with E-state index < -0.39 is 10.0 Å². The van der Waals surface area contributed by atoms with Crippen LogP contribution in [0.3, 0.4) is 0 Å². The highest BCUT2D eigenvalue weighted by Crippen LogP contribution is 2.22.